The Balaban J connectivity index is 2.44. The van der Waals surface area contributed by atoms with Gasteiger partial charge >= 0.3 is 5.97 Å². The lowest BCUT2D eigenvalue weighted by Crippen LogP contribution is -2.48. The maximum Gasteiger partial charge on any atom is 0.303 e. The molecule has 0 aliphatic carbocycles. The number of hydrogen-bond acceptors (Lipinski definition) is 3. The summed E-state index contributed by atoms with van der Waals surface area (Å²) < 4.78 is 0. The highest BCUT2D eigenvalue weighted by molar-refractivity contribution is 5.73. The highest BCUT2D eigenvalue weighted by Crippen LogP contribution is 2.19. The molecule has 1 aliphatic rings. The number of hydrogen-bond donors (Lipinski definition) is 1. The second-order valence-electron chi connectivity index (χ2n) is 5.57. The van der Waals surface area contributed by atoms with E-state index in [-0.39, 0.29) is 12.3 Å². The normalized spacial score (nSPS) is 17.2. The van der Waals surface area contributed by atoms with Crippen LogP contribution in [0.4, 0.5) is 0 Å². The fourth-order valence-electron chi connectivity index (χ4n) is 2.79. The molecule has 110 valence electrons. The zero-order valence-corrected chi connectivity index (χ0v) is 12.3. The highest BCUT2D eigenvalue weighted by Gasteiger charge is 2.26. The van der Waals surface area contributed by atoms with Crippen LogP contribution in [0.25, 0.3) is 0 Å². The molecule has 0 aromatic carbocycles. The number of piperidine rings is 1. The van der Waals surface area contributed by atoms with Crippen LogP contribution >= 0.6 is 0 Å². The second-order valence-corrected chi connectivity index (χ2v) is 5.57. The third kappa shape index (κ3) is 5.19. The van der Waals surface area contributed by atoms with E-state index in [1.165, 1.54) is 0 Å². The van der Waals surface area contributed by atoms with E-state index in [4.69, 9.17) is 5.11 Å². The van der Waals surface area contributed by atoms with E-state index in [1.54, 1.807) is 6.92 Å². The van der Waals surface area contributed by atoms with Crippen molar-refractivity contribution in [3.05, 3.63) is 0 Å². The minimum atomic E-state index is -0.727. The van der Waals surface area contributed by atoms with Crippen LogP contribution in [0.1, 0.15) is 46.5 Å². The first-order valence-electron chi connectivity index (χ1n) is 7.15. The molecule has 0 aromatic rings. The Morgan fingerprint density at radius 2 is 1.89 bits per heavy atom. The molecule has 1 N–H and O–H groups in total. The molecular weight excluding hydrogens is 244 g/mol. The van der Waals surface area contributed by atoms with E-state index in [1.807, 2.05) is 4.90 Å². The van der Waals surface area contributed by atoms with Gasteiger partial charge in [-0.15, -0.1) is 0 Å². The Bertz CT molecular complexity index is 310. The van der Waals surface area contributed by atoms with Gasteiger partial charge in [0.05, 0.1) is 0 Å². The van der Waals surface area contributed by atoms with Gasteiger partial charge in [0.25, 0.3) is 0 Å². The summed E-state index contributed by atoms with van der Waals surface area (Å²) in [7, 11) is 0. The zero-order valence-electron chi connectivity index (χ0n) is 12.3. The molecule has 0 aromatic heterocycles. The van der Waals surface area contributed by atoms with E-state index < -0.39 is 5.97 Å². The number of rotatable bonds is 6. The Morgan fingerprint density at radius 3 is 2.32 bits per heavy atom. The van der Waals surface area contributed by atoms with Crippen molar-refractivity contribution in [2.24, 2.45) is 0 Å². The van der Waals surface area contributed by atoms with Gasteiger partial charge in [-0.2, -0.15) is 0 Å². The number of nitrogens with zero attached hydrogens (tertiary/aromatic N) is 2. The summed E-state index contributed by atoms with van der Waals surface area (Å²) in [6.07, 6.45) is 2.91. The van der Waals surface area contributed by atoms with Crippen molar-refractivity contribution in [1.29, 1.82) is 0 Å². The number of carboxylic acids is 1. The van der Waals surface area contributed by atoms with Gasteiger partial charge in [0.15, 0.2) is 0 Å². The average Bonchev–Trinajstić information content (AvgIpc) is 2.34. The predicted molar refractivity (Wildman–Crippen MR) is 74.0 cm³/mol. The third-order valence-electron chi connectivity index (χ3n) is 3.85. The van der Waals surface area contributed by atoms with Crippen LogP contribution in [0, 0.1) is 0 Å². The molecule has 19 heavy (non-hydrogen) atoms. The van der Waals surface area contributed by atoms with E-state index in [9.17, 15) is 9.59 Å². The molecule has 1 saturated heterocycles. The van der Waals surface area contributed by atoms with Gasteiger partial charge in [0.2, 0.25) is 5.91 Å². The molecule has 0 saturated carbocycles. The second kappa shape index (κ2) is 7.48. The minimum absolute atomic E-state index is 0.153. The monoisotopic (exact) mass is 270 g/mol. The molecule has 5 heteroatoms. The Morgan fingerprint density at radius 1 is 1.32 bits per heavy atom. The first-order valence-corrected chi connectivity index (χ1v) is 7.15. The molecule has 0 spiro atoms. The van der Waals surface area contributed by atoms with Crippen molar-refractivity contribution in [3.63, 3.8) is 0 Å². The number of likely N-dealkylation sites (tertiary alicyclic amines) is 1. The van der Waals surface area contributed by atoms with Crippen molar-refractivity contribution in [1.82, 2.24) is 9.80 Å². The van der Waals surface area contributed by atoms with Crippen LogP contribution < -0.4 is 0 Å². The molecule has 0 bridgehead atoms. The van der Waals surface area contributed by atoms with Gasteiger partial charge in [-0.05, 0) is 39.7 Å². The van der Waals surface area contributed by atoms with Crippen molar-refractivity contribution in [3.8, 4) is 0 Å². The van der Waals surface area contributed by atoms with Crippen LogP contribution in [0.5, 0.6) is 0 Å². The number of carbonyl (C=O) groups excluding carboxylic acids is 1. The van der Waals surface area contributed by atoms with Gasteiger partial charge in [-0.3, -0.25) is 14.5 Å². The van der Waals surface area contributed by atoms with Crippen LogP contribution in [0.2, 0.25) is 0 Å². The van der Waals surface area contributed by atoms with Gasteiger partial charge in [0.1, 0.15) is 0 Å². The van der Waals surface area contributed by atoms with Crippen molar-refractivity contribution >= 4 is 11.9 Å². The molecule has 1 amide bonds. The van der Waals surface area contributed by atoms with Crippen molar-refractivity contribution < 1.29 is 14.7 Å². The Hall–Kier alpha value is -1.10. The van der Waals surface area contributed by atoms with Gasteiger partial charge in [-0.1, -0.05) is 0 Å². The maximum absolute atomic E-state index is 11.3. The van der Waals surface area contributed by atoms with Crippen molar-refractivity contribution in [2.45, 2.75) is 58.5 Å². The minimum Gasteiger partial charge on any atom is -0.481 e. The molecule has 1 aliphatic heterocycles. The molecule has 0 atom stereocenters. The molecule has 0 radical (unpaired) electrons. The van der Waals surface area contributed by atoms with Crippen LogP contribution in [-0.2, 0) is 9.59 Å². The quantitative estimate of drug-likeness (QED) is 0.796. The fraction of sp³-hybridized carbons (Fsp3) is 0.857. The molecule has 0 unspecified atom stereocenters. The highest BCUT2D eigenvalue weighted by atomic mass is 16.4. The van der Waals surface area contributed by atoms with E-state index >= 15 is 0 Å². The maximum atomic E-state index is 11.3. The van der Waals surface area contributed by atoms with Gasteiger partial charge in [-0.25, -0.2) is 0 Å². The molecular formula is C14H26N2O3. The van der Waals surface area contributed by atoms with Crippen molar-refractivity contribution in [2.75, 3.05) is 19.6 Å². The SMILES string of the molecule is CC(=O)N1CCC(N(CCCC(=O)O)C(C)C)CC1. The summed E-state index contributed by atoms with van der Waals surface area (Å²) in [5, 5.41) is 8.71. The lowest BCUT2D eigenvalue weighted by Gasteiger charge is -2.40. The standard InChI is InChI=1S/C14H26N2O3/c1-11(2)16(8-4-5-14(18)19)13-6-9-15(10-7-13)12(3)17/h11,13H,4-10H2,1-3H3,(H,18,19). The summed E-state index contributed by atoms with van der Waals surface area (Å²) in [6, 6.07) is 0.895. The van der Waals surface area contributed by atoms with Crippen LogP contribution in [0.3, 0.4) is 0 Å². The van der Waals surface area contributed by atoms with Gasteiger partial charge < -0.3 is 10.0 Å². The Labute approximate surface area is 115 Å². The van der Waals surface area contributed by atoms with Gasteiger partial charge in [0, 0.05) is 38.5 Å². The molecule has 1 heterocycles. The topological polar surface area (TPSA) is 60.9 Å². The summed E-state index contributed by atoms with van der Waals surface area (Å²) >= 11 is 0. The lowest BCUT2D eigenvalue weighted by molar-refractivity contribution is -0.137. The van der Waals surface area contributed by atoms with Crippen LogP contribution in [0.15, 0.2) is 0 Å². The largest absolute Gasteiger partial charge is 0.481 e. The number of carbonyl (C=O) groups is 2. The smallest absolute Gasteiger partial charge is 0.303 e. The number of aliphatic carboxylic acids is 1. The Kier molecular flexibility index (Phi) is 6.28. The summed E-state index contributed by atoms with van der Waals surface area (Å²) in [4.78, 5) is 26.2. The molecule has 1 rings (SSSR count). The third-order valence-corrected chi connectivity index (χ3v) is 3.85. The first-order chi connectivity index (χ1) is 8.91. The van der Waals surface area contributed by atoms with E-state index in [0.717, 1.165) is 32.5 Å². The molecule has 5 nitrogen and oxygen atoms in total. The fourth-order valence-corrected chi connectivity index (χ4v) is 2.79. The summed E-state index contributed by atoms with van der Waals surface area (Å²) in [5.41, 5.74) is 0. The zero-order chi connectivity index (χ0) is 14.4. The number of amides is 1. The summed E-state index contributed by atoms with van der Waals surface area (Å²) in [6.45, 7) is 8.39. The lowest BCUT2D eigenvalue weighted by atomic mass is 10.0. The van der Waals surface area contributed by atoms with Crippen LogP contribution in [-0.4, -0.2) is 58.5 Å². The predicted octanol–water partition coefficient (Wildman–Crippen LogP) is 1.57. The van der Waals surface area contributed by atoms with E-state index in [2.05, 4.69) is 18.7 Å². The average molecular weight is 270 g/mol. The molecule has 1 fully saturated rings. The first kappa shape index (κ1) is 16.0. The number of carboxylic acid groups (broad SMARTS) is 1. The summed E-state index contributed by atoms with van der Waals surface area (Å²) in [5.74, 6) is -0.574. The van der Waals surface area contributed by atoms with E-state index in [0.29, 0.717) is 18.5 Å².